The number of anilines is 1. The molecule has 1 heterocycles. The third kappa shape index (κ3) is 3.33. The zero-order chi connectivity index (χ0) is 12.0. The number of hydrogen-bond acceptors (Lipinski definition) is 4. The van der Waals surface area contributed by atoms with Gasteiger partial charge in [0.1, 0.15) is 5.82 Å². The average molecular weight is 219 g/mol. The first-order valence-electron chi connectivity index (χ1n) is 4.93. The van der Waals surface area contributed by atoms with Crippen LogP contribution in [0.3, 0.4) is 0 Å². The molecule has 1 amide bonds. The number of carbonyl (C=O) groups is 1. The first-order valence-corrected chi connectivity index (χ1v) is 4.93. The largest absolute Gasteiger partial charge is 0.393 e. The molecule has 1 aromatic heterocycles. The normalized spacial score (nSPS) is 11.6. The van der Waals surface area contributed by atoms with Gasteiger partial charge in [0.2, 0.25) is 6.41 Å². The summed E-state index contributed by atoms with van der Waals surface area (Å²) >= 11 is 0. The highest BCUT2D eigenvalue weighted by Crippen LogP contribution is 2.11. The highest BCUT2D eigenvalue weighted by Gasteiger charge is 2.08. The Balaban J connectivity index is 2.79. The summed E-state index contributed by atoms with van der Waals surface area (Å²) in [5, 5.41) is 17.8. The molecule has 1 aromatic rings. The molecule has 1 atom stereocenters. The van der Waals surface area contributed by atoms with Crippen LogP contribution in [-0.4, -0.2) is 29.1 Å². The highest BCUT2D eigenvalue weighted by molar-refractivity contribution is 5.73. The lowest BCUT2D eigenvalue weighted by Crippen LogP contribution is -2.25. The molecule has 16 heavy (non-hydrogen) atoms. The Morgan fingerprint density at radius 3 is 3.06 bits per heavy atom. The molecule has 0 aliphatic rings. The number of pyridine rings is 1. The Hall–Kier alpha value is -1.93. The van der Waals surface area contributed by atoms with E-state index in [1.807, 2.05) is 6.07 Å². The molecule has 0 aliphatic heterocycles. The number of carbonyl (C=O) groups excluding carboxylic acids is 1. The number of rotatable bonds is 5. The van der Waals surface area contributed by atoms with Gasteiger partial charge in [-0.05, 0) is 25.5 Å². The van der Waals surface area contributed by atoms with Gasteiger partial charge in [0.15, 0.2) is 0 Å². The lowest BCUT2D eigenvalue weighted by atomic mass is 10.2. The molecule has 0 aliphatic carbocycles. The molecule has 1 unspecified atom stereocenters. The minimum atomic E-state index is -0.471. The molecule has 5 nitrogen and oxygen atoms in total. The van der Waals surface area contributed by atoms with Crippen molar-refractivity contribution in [2.45, 2.75) is 19.4 Å². The summed E-state index contributed by atoms with van der Waals surface area (Å²) in [4.78, 5) is 16.2. The van der Waals surface area contributed by atoms with Gasteiger partial charge in [-0.1, -0.05) is 0 Å². The van der Waals surface area contributed by atoms with E-state index in [9.17, 15) is 4.79 Å². The monoisotopic (exact) mass is 219 g/mol. The van der Waals surface area contributed by atoms with Crippen molar-refractivity contribution in [3.8, 4) is 6.07 Å². The number of hydrogen-bond donors (Lipinski definition) is 1. The van der Waals surface area contributed by atoms with Gasteiger partial charge in [0.25, 0.3) is 0 Å². The summed E-state index contributed by atoms with van der Waals surface area (Å²) in [5.41, 5.74) is 0.453. The summed E-state index contributed by atoms with van der Waals surface area (Å²) in [5.74, 6) is 0.426. The predicted octanol–water partition coefficient (Wildman–Crippen LogP) is 0.687. The van der Waals surface area contributed by atoms with Gasteiger partial charge >= 0.3 is 0 Å². The van der Waals surface area contributed by atoms with E-state index in [1.54, 1.807) is 13.0 Å². The van der Waals surface area contributed by atoms with Crippen molar-refractivity contribution >= 4 is 12.2 Å². The Morgan fingerprint density at radius 1 is 1.75 bits per heavy atom. The maximum absolute atomic E-state index is 10.8. The van der Waals surface area contributed by atoms with Gasteiger partial charge < -0.3 is 5.11 Å². The van der Waals surface area contributed by atoms with E-state index in [0.717, 1.165) is 0 Å². The number of aliphatic hydroxyl groups excluding tert-OH is 1. The molecule has 5 heteroatoms. The van der Waals surface area contributed by atoms with Crippen LogP contribution in [0.4, 0.5) is 5.82 Å². The summed E-state index contributed by atoms with van der Waals surface area (Å²) in [6.45, 7) is 2.03. The first kappa shape index (κ1) is 12.1. The minimum absolute atomic E-state index is 0.378. The second kappa shape index (κ2) is 5.83. The lowest BCUT2D eigenvalue weighted by Gasteiger charge is -2.16. The second-order valence-electron chi connectivity index (χ2n) is 3.45. The Kier molecular flexibility index (Phi) is 4.42. The zero-order valence-corrected chi connectivity index (χ0v) is 9.00. The molecule has 0 saturated heterocycles. The van der Waals surface area contributed by atoms with Crippen LogP contribution in [-0.2, 0) is 4.79 Å². The van der Waals surface area contributed by atoms with E-state index in [2.05, 4.69) is 4.98 Å². The van der Waals surface area contributed by atoms with Crippen molar-refractivity contribution in [3.05, 3.63) is 23.9 Å². The van der Waals surface area contributed by atoms with Crippen molar-refractivity contribution in [3.63, 3.8) is 0 Å². The smallest absolute Gasteiger partial charge is 0.215 e. The summed E-state index contributed by atoms with van der Waals surface area (Å²) in [6, 6.07) is 5.09. The molecule has 0 bridgehead atoms. The van der Waals surface area contributed by atoms with Gasteiger partial charge in [0.05, 0.1) is 17.7 Å². The molecule has 0 radical (unpaired) electrons. The molecule has 0 fully saturated rings. The predicted molar refractivity (Wildman–Crippen MR) is 58.7 cm³/mol. The van der Waals surface area contributed by atoms with Crippen molar-refractivity contribution in [2.75, 3.05) is 11.4 Å². The number of aromatic nitrogens is 1. The van der Waals surface area contributed by atoms with Crippen molar-refractivity contribution < 1.29 is 9.90 Å². The number of aliphatic hydroxyl groups is 1. The van der Waals surface area contributed by atoms with Crippen LogP contribution in [0.5, 0.6) is 0 Å². The van der Waals surface area contributed by atoms with Gasteiger partial charge in [-0.2, -0.15) is 5.26 Å². The van der Waals surface area contributed by atoms with Crippen LogP contribution in [0.25, 0.3) is 0 Å². The molecular formula is C11H13N3O2. The van der Waals surface area contributed by atoms with Crippen LogP contribution >= 0.6 is 0 Å². The van der Waals surface area contributed by atoms with Crippen LogP contribution in [0, 0.1) is 11.3 Å². The number of nitrogens with zero attached hydrogens (tertiary/aromatic N) is 3. The van der Waals surface area contributed by atoms with Crippen LogP contribution in [0.2, 0.25) is 0 Å². The van der Waals surface area contributed by atoms with Crippen LogP contribution < -0.4 is 4.90 Å². The van der Waals surface area contributed by atoms with Gasteiger partial charge in [-0.15, -0.1) is 0 Å². The second-order valence-corrected chi connectivity index (χ2v) is 3.45. The standard InChI is InChI=1S/C11H13N3O2/c1-9(16)3-5-14(8-15)11-6-10(7-12)2-4-13-11/h2,4,6,8-9,16H,3,5H2,1H3. The molecule has 1 N–H and O–H groups in total. The molecule has 0 spiro atoms. The topological polar surface area (TPSA) is 77.2 Å². The third-order valence-corrected chi connectivity index (χ3v) is 2.08. The first-order chi connectivity index (χ1) is 7.67. The molecule has 0 saturated carbocycles. The fourth-order valence-electron chi connectivity index (χ4n) is 1.19. The van der Waals surface area contributed by atoms with E-state index in [4.69, 9.17) is 10.4 Å². The number of nitriles is 1. The lowest BCUT2D eigenvalue weighted by molar-refractivity contribution is -0.107. The van der Waals surface area contributed by atoms with Crippen LogP contribution in [0.15, 0.2) is 18.3 Å². The van der Waals surface area contributed by atoms with E-state index in [0.29, 0.717) is 30.8 Å². The van der Waals surface area contributed by atoms with Crippen molar-refractivity contribution in [1.82, 2.24) is 4.98 Å². The maximum atomic E-state index is 10.8. The van der Waals surface area contributed by atoms with Crippen molar-refractivity contribution in [1.29, 1.82) is 5.26 Å². The Bertz CT molecular complexity index is 398. The van der Waals surface area contributed by atoms with Gasteiger partial charge in [-0.25, -0.2) is 4.98 Å². The Morgan fingerprint density at radius 2 is 2.50 bits per heavy atom. The van der Waals surface area contributed by atoms with E-state index < -0.39 is 6.10 Å². The van der Waals surface area contributed by atoms with Gasteiger partial charge in [-0.3, -0.25) is 9.69 Å². The summed E-state index contributed by atoms with van der Waals surface area (Å²) < 4.78 is 0. The van der Waals surface area contributed by atoms with E-state index >= 15 is 0 Å². The van der Waals surface area contributed by atoms with Crippen LogP contribution in [0.1, 0.15) is 18.9 Å². The summed E-state index contributed by atoms with van der Waals surface area (Å²) in [7, 11) is 0. The molecular weight excluding hydrogens is 206 g/mol. The van der Waals surface area contributed by atoms with E-state index in [-0.39, 0.29) is 0 Å². The number of amides is 1. The fourth-order valence-corrected chi connectivity index (χ4v) is 1.19. The van der Waals surface area contributed by atoms with Gasteiger partial charge in [0, 0.05) is 12.7 Å². The minimum Gasteiger partial charge on any atom is -0.393 e. The molecule has 84 valence electrons. The quantitative estimate of drug-likeness (QED) is 0.739. The van der Waals surface area contributed by atoms with Crippen molar-refractivity contribution in [2.24, 2.45) is 0 Å². The zero-order valence-electron chi connectivity index (χ0n) is 9.00. The highest BCUT2D eigenvalue weighted by atomic mass is 16.3. The maximum Gasteiger partial charge on any atom is 0.215 e. The molecule has 0 aromatic carbocycles. The summed E-state index contributed by atoms with van der Waals surface area (Å²) in [6.07, 6.45) is 2.12. The SMILES string of the molecule is CC(O)CCN(C=O)c1cc(C#N)ccn1. The van der Waals surface area contributed by atoms with E-state index in [1.165, 1.54) is 17.2 Å². The molecule has 1 rings (SSSR count). The average Bonchev–Trinajstić information content (AvgIpc) is 2.30. The third-order valence-electron chi connectivity index (χ3n) is 2.08. The fraction of sp³-hybridized carbons (Fsp3) is 0.364. The Labute approximate surface area is 93.9 Å².